The van der Waals surface area contributed by atoms with Gasteiger partial charge in [-0.15, -0.1) is 0 Å². The van der Waals surface area contributed by atoms with E-state index in [1.54, 1.807) is 0 Å². The van der Waals surface area contributed by atoms with Gasteiger partial charge in [0.1, 0.15) is 11.9 Å². The number of aryl methyl sites for hydroxylation is 2. The number of carbonyl (C=O) groups is 1. The van der Waals surface area contributed by atoms with Gasteiger partial charge in [0, 0.05) is 18.3 Å². The highest BCUT2D eigenvalue weighted by Crippen LogP contribution is 2.23. The molecule has 1 N–H and O–H groups in total. The molecule has 0 radical (unpaired) electrons. The first-order valence-electron chi connectivity index (χ1n) is 9.17. The summed E-state index contributed by atoms with van der Waals surface area (Å²) in [6, 6.07) is 11.8. The molecule has 5 nitrogen and oxygen atoms in total. The Hall–Kier alpha value is -2.56. The zero-order valence-electron chi connectivity index (χ0n) is 15.4. The molecule has 1 aliphatic carbocycles. The molecule has 0 unspecified atom stereocenters. The number of aromatic nitrogens is 1. The summed E-state index contributed by atoms with van der Waals surface area (Å²) in [6.07, 6.45) is 5.63. The molecule has 1 amide bonds. The molecule has 0 bridgehead atoms. The third-order valence-corrected chi connectivity index (χ3v) is 4.66. The topological polar surface area (TPSA) is 60.5 Å². The molecule has 3 rings (SSSR count). The summed E-state index contributed by atoms with van der Waals surface area (Å²) in [5.74, 6) is 1.36. The Balaban J connectivity index is 1.38. The molecule has 1 saturated carbocycles. The van der Waals surface area contributed by atoms with E-state index in [0.717, 1.165) is 42.6 Å². The van der Waals surface area contributed by atoms with E-state index in [1.165, 1.54) is 0 Å². The van der Waals surface area contributed by atoms with Gasteiger partial charge in [0.05, 0.1) is 0 Å². The number of rotatable bonds is 6. The molecular formula is C21H26N2O3. The molecule has 1 aromatic heterocycles. The number of hydrogen-bond acceptors (Lipinski definition) is 4. The van der Waals surface area contributed by atoms with Crippen molar-refractivity contribution >= 4 is 5.91 Å². The number of amides is 1. The van der Waals surface area contributed by atoms with Gasteiger partial charge in [-0.2, -0.15) is 0 Å². The summed E-state index contributed by atoms with van der Waals surface area (Å²) >= 11 is 0. The second-order valence-electron chi connectivity index (χ2n) is 6.89. The van der Waals surface area contributed by atoms with E-state index >= 15 is 0 Å². The van der Waals surface area contributed by atoms with E-state index in [2.05, 4.69) is 10.3 Å². The average Bonchev–Trinajstić information content (AvgIpc) is 2.64. The maximum absolute atomic E-state index is 12.1. The number of benzene rings is 1. The maximum Gasteiger partial charge on any atom is 0.258 e. The van der Waals surface area contributed by atoms with E-state index in [9.17, 15) is 4.79 Å². The van der Waals surface area contributed by atoms with Crippen LogP contribution in [0.25, 0.3) is 0 Å². The molecule has 138 valence electrons. The fourth-order valence-corrected chi connectivity index (χ4v) is 3.15. The molecule has 0 saturated heterocycles. The van der Waals surface area contributed by atoms with Gasteiger partial charge in [-0.25, -0.2) is 4.98 Å². The zero-order chi connectivity index (χ0) is 18.4. The summed E-state index contributed by atoms with van der Waals surface area (Å²) in [5.41, 5.74) is 2.15. The fraction of sp³-hybridized carbons (Fsp3) is 0.429. The molecule has 1 aliphatic rings. The first-order chi connectivity index (χ1) is 12.6. The SMILES string of the molecule is Cc1ccc(OC2CCC(NC(=O)COc3ccccc3C)CC2)nc1. The van der Waals surface area contributed by atoms with Crippen LogP contribution in [0.2, 0.25) is 0 Å². The third kappa shape index (κ3) is 5.22. The Morgan fingerprint density at radius 2 is 1.88 bits per heavy atom. The van der Waals surface area contributed by atoms with E-state index < -0.39 is 0 Å². The van der Waals surface area contributed by atoms with Crippen LogP contribution in [-0.2, 0) is 4.79 Å². The molecule has 26 heavy (non-hydrogen) atoms. The third-order valence-electron chi connectivity index (χ3n) is 4.66. The zero-order valence-corrected chi connectivity index (χ0v) is 15.4. The number of ether oxygens (including phenoxy) is 2. The van der Waals surface area contributed by atoms with Crippen molar-refractivity contribution in [3.8, 4) is 11.6 Å². The van der Waals surface area contributed by atoms with Gasteiger partial charge in [-0.3, -0.25) is 4.79 Å². The summed E-state index contributed by atoms with van der Waals surface area (Å²) in [5, 5.41) is 3.07. The van der Waals surface area contributed by atoms with Crippen molar-refractivity contribution in [2.45, 2.75) is 51.7 Å². The minimum absolute atomic E-state index is 0.0502. The normalized spacial score (nSPS) is 19.6. The Labute approximate surface area is 154 Å². The van der Waals surface area contributed by atoms with Gasteiger partial charge in [0.25, 0.3) is 5.91 Å². The van der Waals surface area contributed by atoms with Crippen molar-refractivity contribution in [2.24, 2.45) is 0 Å². The molecule has 2 aromatic rings. The van der Waals surface area contributed by atoms with Crippen LogP contribution in [0.15, 0.2) is 42.6 Å². The van der Waals surface area contributed by atoms with Gasteiger partial charge in [0.15, 0.2) is 6.61 Å². The van der Waals surface area contributed by atoms with E-state index in [1.807, 2.05) is 56.4 Å². The number of nitrogens with zero attached hydrogens (tertiary/aromatic N) is 1. The largest absolute Gasteiger partial charge is 0.484 e. The van der Waals surface area contributed by atoms with Crippen molar-refractivity contribution in [2.75, 3.05) is 6.61 Å². The molecule has 1 heterocycles. The molecule has 1 fully saturated rings. The van der Waals surface area contributed by atoms with Gasteiger partial charge in [0.2, 0.25) is 5.88 Å². The van der Waals surface area contributed by atoms with Crippen molar-refractivity contribution in [1.82, 2.24) is 10.3 Å². The number of pyridine rings is 1. The van der Waals surface area contributed by atoms with Crippen molar-refractivity contribution < 1.29 is 14.3 Å². The second kappa shape index (κ2) is 8.70. The first-order valence-corrected chi connectivity index (χ1v) is 9.17. The van der Waals surface area contributed by atoms with Crippen molar-refractivity contribution in [3.05, 3.63) is 53.7 Å². The van der Waals surface area contributed by atoms with Crippen LogP contribution in [0, 0.1) is 13.8 Å². The molecular weight excluding hydrogens is 328 g/mol. The lowest BCUT2D eigenvalue weighted by Gasteiger charge is -2.29. The molecule has 0 aliphatic heterocycles. The quantitative estimate of drug-likeness (QED) is 0.861. The number of carbonyl (C=O) groups excluding carboxylic acids is 1. The van der Waals surface area contributed by atoms with Crippen LogP contribution in [0.5, 0.6) is 11.6 Å². The van der Waals surface area contributed by atoms with Crippen LogP contribution in [0.4, 0.5) is 0 Å². The summed E-state index contributed by atoms with van der Waals surface area (Å²) < 4.78 is 11.5. The molecule has 0 spiro atoms. The number of para-hydroxylation sites is 1. The Kier molecular flexibility index (Phi) is 6.10. The van der Waals surface area contributed by atoms with E-state index in [4.69, 9.17) is 9.47 Å². The minimum Gasteiger partial charge on any atom is -0.484 e. The Morgan fingerprint density at radius 3 is 2.58 bits per heavy atom. The lowest BCUT2D eigenvalue weighted by molar-refractivity contribution is -0.124. The number of nitrogens with one attached hydrogen (secondary N) is 1. The minimum atomic E-state index is -0.0715. The van der Waals surface area contributed by atoms with Crippen LogP contribution in [0.3, 0.4) is 0 Å². The predicted molar refractivity (Wildman–Crippen MR) is 100 cm³/mol. The van der Waals surface area contributed by atoms with Crippen molar-refractivity contribution in [1.29, 1.82) is 0 Å². The monoisotopic (exact) mass is 354 g/mol. The van der Waals surface area contributed by atoms with Crippen LogP contribution >= 0.6 is 0 Å². The Bertz CT molecular complexity index is 722. The van der Waals surface area contributed by atoms with Crippen LogP contribution in [-0.4, -0.2) is 29.6 Å². The van der Waals surface area contributed by atoms with Gasteiger partial charge in [-0.05, 0) is 56.7 Å². The smallest absolute Gasteiger partial charge is 0.258 e. The van der Waals surface area contributed by atoms with Gasteiger partial charge < -0.3 is 14.8 Å². The van der Waals surface area contributed by atoms with Crippen LogP contribution < -0.4 is 14.8 Å². The summed E-state index contributed by atoms with van der Waals surface area (Å²) in [6.45, 7) is 4.03. The number of hydrogen-bond donors (Lipinski definition) is 1. The highest BCUT2D eigenvalue weighted by molar-refractivity contribution is 5.77. The van der Waals surface area contributed by atoms with Crippen LogP contribution in [0.1, 0.15) is 36.8 Å². The summed E-state index contributed by atoms with van der Waals surface area (Å²) in [4.78, 5) is 16.4. The standard InChI is InChI=1S/C21H26N2O3/c1-15-7-12-21(22-13-15)26-18-10-8-17(9-11-18)23-20(24)14-25-19-6-4-3-5-16(19)2/h3-7,12-13,17-18H,8-11,14H2,1-2H3,(H,23,24). The first kappa shape index (κ1) is 18.2. The lowest BCUT2D eigenvalue weighted by atomic mass is 9.93. The maximum atomic E-state index is 12.1. The van der Waals surface area contributed by atoms with E-state index in [-0.39, 0.29) is 24.7 Å². The Morgan fingerprint density at radius 1 is 1.12 bits per heavy atom. The molecule has 1 aromatic carbocycles. The average molecular weight is 354 g/mol. The van der Waals surface area contributed by atoms with Gasteiger partial charge >= 0.3 is 0 Å². The van der Waals surface area contributed by atoms with Crippen molar-refractivity contribution in [3.63, 3.8) is 0 Å². The fourth-order valence-electron chi connectivity index (χ4n) is 3.15. The van der Waals surface area contributed by atoms with E-state index in [0.29, 0.717) is 5.88 Å². The second-order valence-corrected chi connectivity index (χ2v) is 6.89. The lowest BCUT2D eigenvalue weighted by Crippen LogP contribution is -2.41. The molecule has 0 atom stereocenters. The highest BCUT2D eigenvalue weighted by Gasteiger charge is 2.24. The predicted octanol–water partition coefficient (Wildman–Crippen LogP) is 3.58. The summed E-state index contributed by atoms with van der Waals surface area (Å²) in [7, 11) is 0. The van der Waals surface area contributed by atoms with Gasteiger partial charge in [-0.1, -0.05) is 24.3 Å². The molecule has 5 heteroatoms. The highest BCUT2D eigenvalue weighted by atomic mass is 16.5.